The summed E-state index contributed by atoms with van der Waals surface area (Å²) >= 11 is 0. The Labute approximate surface area is 115 Å². The molecule has 4 heteroatoms. The van der Waals surface area contributed by atoms with E-state index in [1.807, 2.05) is 4.90 Å². The van der Waals surface area contributed by atoms with Crippen molar-refractivity contribution in [1.29, 1.82) is 0 Å². The van der Waals surface area contributed by atoms with Gasteiger partial charge in [-0.15, -0.1) is 0 Å². The molecule has 3 atom stereocenters. The smallest absolute Gasteiger partial charge is 0.307 e. The van der Waals surface area contributed by atoms with Gasteiger partial charge in [-0.25, -0.2) is 0 Å². The Bertz CT molecular complexity index is 334. The van der Waals surface area contributed by atoms with E-state index in [0.717, 1.165) is 38.8 Å². The van der Waals surface area contributed by atoms with Crippen molar-refractivity contribution in [2.24, 2.45) is 17.8 Å². The van der Waals surface area contributed by atoms with E-state index in [0.29, 0.717) is 12.3 Å². The number of carbonyl (C=O) groups excluding carboxylic acids is 1. The van der Waals surface area contributed by atoms with Crippen LogP contribution < -0.4 is 0 Å². The first-order valence-electron chi connectivity index (χ1n) is 7.65. The van der Waals surface area contributed by atoms with Gasteiger partial charge in [-0.3, -0.25) is 9.59 Å². The molecule has 1 saturated heterocycles. The van der Waals surface area contributed by atoms with Crippen LogP contribution in [0.2, 0.25) is 0 Å². The molecule has 4 nitrogen and oxygen atoms in total. The topological polar surface area (TPSA) is 57.6 Å². The normalized spacial score (nSPS) is 32.1. The van der Waals surface area contributed by atoms with Crippen LogP contribution in [0.1, 0.15) is 51.9 Å². The third kappa shape index (κ3) is 3.28. The number of amides is 1. The molecule has 1 saturated carbocycles. The van der Waals surface area contributed by atoms with Crippen LogP contribution in [0, 0.1) is 17.8 Å². The number of carboxylic acid groups (broad SMARTS) is 1. The average Bonchev–Trinajstić information content (AvgIpc) is 2.65. The van der Waals surface area contributed by atoms with Gasteiger partial charge in [-0.1, -0.05) is 26.2 Å². The summed E-state index contributed by atoms with van der Waals surface area (Å²) in [5.41, 5.74) is 0. The highest BCUT2D eigenvalue weighted by atomic mass is 16.4. The number of carbonyl (C=O) groups is 2. The molecule has 1 N–H and O–H groups in total. The fourth-order valence-electron chi connectivity index (χ4n) is 3.55. The van der Waals surface area contributed by atoms with Gasteiger partial charge in [0.15, 0.2) is 0 Å². The third-order valence-corrected chi connectivity index (χ3v) is 4.79. The van der Waals surface area contributed by atoms with Crippen molar-refractivity contribution in [3.63, 3.8) is 0 Å². The van der Waals surface area contributed by atoms with Crippen molar-refractivity contribution in [2.75, 3.05) is 13.1 Å². The molecule has 19 heavy (non-hydrogen) atoms. The first kappa shape index (κ1) is 14.4. The number of rotatable bonds is 3. The molecule has 1 aliphatic heterocycles. The van der Waals surface area contributed by atoms with E-state index in [4.69, 9.17) is 0 Å². The molecule has 0 radical (unpaired) electrons. The summed E-state index contributed by atoms with van der Waals surface area (Å²) in [6, 6.07) is 0. The van der Waals surface area contributed by atoms with Crippen LogP contribution in [0.5, 0.6) is 0 Å². The lowest BCUT2D eigenvalue weighted by molar-refractivity contribution is -0.149. The predicted molar refractivity (Wildman–Crippen MR) is 72.7 cm³/mol. The SMILES string of the molecule is CCC1C[C@H](C(=O)N2CCCCCC2)[C@H](C(=O)O)C1. The lowest BCUT2D eigenvalue weighted by atomic mass is 9.94. The van der Waals surface area contributed by atoms with E-state index >= 15 is 0 Å². The first-order valence-corrected chi connectivity index (χ1v) is 7.65. The van der Waals surface area contributed by atoms with Gasteiger partial charge in [0.2, 0.25) is 5.91 Å². The van der Waals surface area contributed by atoms with Crippen LogP contribution in [0.4, 0.5) is 0 Å². The minimum absolute atomic E-state index is 0.102. The van der Waals surface area contributed by atoms with Crippen LogP contribution in [0.15, 0.2) is 0 Å². The second-order valence-electron chi connectivity index (χ2n) is 6.04. The molecule has 0 bridgehead atoms. The minimum Gasteiger partial charge on any atom is -0.481 e. The van der Waals surface area contributed by atoms with E-state index in [1.54, 1.807) is 0 Å². The van der Waals surface area contributed by atoms with E-state index in [2.05, 4.69) is 6.92 Å². The van der Waals surface area contributed by atoms with E-state index in [-0.39, 0.29) is 11.8 Å². The summed E-state index contributed by atoms with van der Waals surface area (Å²) < 4.78 is 0. The highest BCUT2D eigenvalue weighted by Gasteiger charge is 2.43. The summed E-state index contributed by atoms with van der Waals surface area (Å²) in [7, 11) is 0. The average molecular weight is 267 g/mol. The molecule has 1 heterocycles. The van der Waals surface area contributed by atoms with Crippen molar-refractivity contribution < 1.29 is 14.7 Å². The fraction of sp³-hybridized carbons (Fsp3) is 0.867. The maximum absolute atomic E-state index is 12.6. The van der Waals surface area contributed by atoms with Gasteiger partial charge in [-0.2, -0.15) is 0 Å². The van der Waals surface area contributed by atoms with Crippen LogP contribution in [0.3, 0.4) is 0 Å². The molecule has 0 aromatic carbocycles. The Morgan fingerprint density at radius 2 is 1.63 bits per heavy atom. The standard InChI is InChI=1S/C15H25NO3/c1-2-11-9-12(13(10-11)15(18)19)14(17)16-7-5-3-4-6-8-16/h11-13H,2-10H2,1H3,(H,18,19)/t11?,12-,13+/m0/s1. The summed E-state index contributed by atoms with van der Waals surface area (Å²) in [6.45, 7) is 3.72. The zero-order valence-electron chi connectivity index (χ0n) is 11.8. The largest absolute Gasteiger partial charge is 0.481 e. The monoisotopic (exact) mass is 267 g/mol. The summed E-state index contributed by atoms with van der Waals surface area (Å²) in [6.07, 6.45) is 6.93. The number of carboxylic acids is 1. The second kappa shape index (κ2) is 6.40. The summed E-state index contributed by atoms with van der Waals surface area (Å²) in [5.74, 6) is -1.02. The molecular weight excluding hydrogens is 242 g/mol. The van der Waals surface area contributed by atoms with Gasteiger partial charge in [0.25, 0.3) is 0 Å². The zero-order valence-corrected chi connectivity index (χ0v) is 11.8. The number of hydrogen-bond acceptors (Lipinski definition) is 2. The Morgan fingerprint density at radius 1 is 1.05 bits per heavy atom. The Hall–Kier alpha value is -1.06. The summed E-state index contributed by atoms with van der Waals surface area (Å²) in [5, 5.41) is 9.33. The molecule has 2 aliphatic rings. The van der Waals surface area contributed by atoms with Crippen molar-refractivity contribution in [1.82, 2.24) is 4.90 Å². The lowest BCUT2D eigenvalue weighted by Gasteiger charge is -2.25. The number of likely N-dealkylation sites (tertiary alicyclic amines) is 1. The van der Waals surface area contributed by atoms with Gasteiger partial charge in [0, 0.05) is 13.1 Å². The van der Waals surface area contributed by atoms with Crippen molar-refractivity contribution in [3.05, 3.63) is 0 Å². The van der Waals surface area contributed by atoms with Gasteiger partial charge in [-0.05, 0) is 31.6 Å². The van der Waals surface area contributed by atoms with Crippen molar-refractivity contribution in [2.45, 2.75) is 51.9 Å². The molecule has 1 unspecified atom stereocenters. The number of hydrogen-bond donors (Lipinski definition) is 1. The van der Waals surface area contributed by atoms with Gasteiger partial charge >= 0.3 is 5.97 Å². The highest BCUT2D eigenvalue weighted by Crippen LogP contribution is 2.39. The van der Waals surface area contributed by atoms with Crippen LogP contribution in [-0.2, 0) is 9.59 Å². The zero-order chi connectivity index (χ0) is 13.8. The first-order chi connectivity index (χ1) is 9.13. The number of aliphatic carboxylic acids is 1. The predicted octanol–water partition coefficient (Wildman–Crippen LogP) is 2.53. The fourth-order valence-corrected chi connectivity index (χ4v) is 3.55. The van der Waals surface area contributed by atoms with E-state index in [9.17, 15) is 14.7 Å². The highest BCUT2D eigenvalue weighted by molar-refractivity contribution is 5.85. The molecule has 0 spiro atoms. The van der Waals surface area contributed by atoms with Crippen molar-refractivity contribution in [3.8, 4) is 0 Å². The maximum Gasteiger partial charge on any atom is 0.307 e. The Balaban J connectivity index is 2.05. The third-order valence-electron chi connectivity index (χ3n) is 4.79. The van der Waals surface area contributed by atoms with Crippen LogP contribution >= 0.6 is 0 Å². The van der Waals surface area contributed by atoms with Gasteiger partial charge < -0.3 is 10.0 Å². The Morgan fingerprint density at radius 3 is 2.16 bits per heavy atom. The molecule has 1 amide bonds. The lowest BCUT2D eigenvalue weighted by Crippen LogP contribution is -2.39. The van der Waals surface area contributed by atoms with Gasteiger partial charge in [0.05, 0.1) is 11.8 Å². The van der Waals surface area contributed by atoms with Gasteiger partial charge in [0.1, 0.15) is 0 Å². The quantitative estimate of drug-likeness (QED) is 0.855. The van der Waals surface area contributed by atoms with E-state index in [1.165, 1.54) is 12.8 Å². The molecule has 2 fully saturated rings. The molecule has 0 aromatic rings. The number of nitrogens with zero attached hydrogens (tertiary/aromatic N) is 1. The maximum atomic E-state index is 12.6. The molecular formula is C15H25NO3. The minimum atomic E-state index is -0.788. The molecule has 0 aromatic heterocycles. The second-order valence-corrected chi connectivity index (χ2v) is 6.04. The van der Waals surface area contributed by atoms with Crippen molar-refractivity contribution >= 4 is 11.9 Å². The Kier molecular flexibility index (Phi) is 4.83. The molecule has 108 valence electrons. The summed E-state index contributed by atoms with van der Waals surface area (Å²) in [4.78, 5) is 25.9. The van der Waals surface area contributed by atoms with Crippen LogP contribution in [0.25, 0.3) is 0 Å². The van der Waals surface area contributed by atoms with E-state index < -0.39 is 11.9 Å². The van der Waals surface area contributed by atoms with Crippen LogP contribution in [-0.4, -0.2) is 35.0 Å². The molecule has 1 aliphatic carbocycles. The molecule has 2 rings (SSSR count).